The van der Waals surface area contributed by atoms with Crippen LogP contribution in [0.2, 0.25) is 0 Å². The van der Waals surface area contributed by atoms with Gasteiger partial charge in [0.2, 0.25) is 0 Å². The number of aryl methyl sites for hydroxylation is 1. The SMILES string of the molecule is C=C(CCC1CO1)C(=O)OCCCC(=CC=C(CCS(=O)(=O)c1ccc(C)cc1)C(=O)OC(=O)C(=C)CC)C(=O)O. The number of aliphatic carboxylic acids is 1. The topological polar surface area (TPSA) is 154 Å². The zero-order chi connectivity index (χ0) is 30.6. The fraction of sp³-hybridized carbons (Fsp3) is 0.400. The van der Waals surface area contributed by atoms with Gasteiger partial charge in [-0.2, -0.15) is 0 Å². The summed E-state index contributed by atoms with van der Waals surface area (Å²) in [6.07, 6.45) is 3.62. The van der Waals surface area contributed by atoms with E-state index in [1.54, 1.807) is 19.1 Å². The number of carbonyl (C=O) groups excluding carboxylic acids is 3. The third-order valence-electron chi connectivity index (χ3n) is 6.23. The van der Waals surface area contributed by atoms with Crippen molar-refractivity contribution in [2.75, 3.05) is 19.0 Å². The summed E-state index contributed by atoms with van der Waals surface area (Å²) >= 11 is 0. The first kappa shape index (κ1) is 33.4. The maximum atomic E-state index is 12.8. The van der Waals surface area contributed by atoms with Gasteiger partial charge in [0.15, 0.2) is 9.84 Å². The summed E-state index contributed by atoms with van der Waals surface area (Å²) in [4.78, 5) is 48.7. The summed E-state index contributed by atoms with van der Waals surface area (Å²) in [6, 6.07) is 6.19. The molecule has 1 aromatic carbocycles. The molecular formula is C30H36O10S. The van der Waals surface area contributed by atoms with E-state index in [9.17, 15) is 32.7 Å². The first-order valence-electron chi connectivity index (χ1n) is 13.2. The van der Waals surface area contributed by atoms with Crippen LogP contribution in [0.15, 0.2) is 76.8 Å². The number of allylic oxidation sites excluding steroid dienone is 2. The number of carboxylic acids is 1. The van der Waals surface area contributed by atoms with Crippen molar-refractivity contribution in [2.45, 2.75) is 63.4 Å². The molecule has 0 bridgehead atoms. The molecule has 0 radical (unpaired) electrons. The van der Waals surface area contributed by atoms with Crippen LogP contribution in [0.1, 0.15) is 51.0 Å². The van der Waals surface area contributed by atoms with Gasteiger partial charge >= 0.3 is 23.9 Å². The molecule has 1 unspecified atom stereocenters. The predicted octanol–water partition coefficient (Wildman–Crippen LogP) is 4.19. The summed E-state index contributed by atoms with van der Waals surface area (Å²) in [5.41, 5.74) is 0.893. The van der Waals surface area contributed by atoms with Gasteiger partial charge in [-0.1, -0.05) is 49.9 Å². The molecule has 1 N–H and O–H groups in total. The van der Waals surface area contributed by atoms with E-state index in [0.29, 0.717) is 25.0 Å². The molecule has 2 rings (SSSR count). The number of benzene rings is 1. The van der Waals surface area contributed by atoms with Crippen LogP contribution in [0.3, 0.4) is 0 Å². The second-order valence-corrected chi connectivity index (χ2v) is 11.7. The van der Waals surface area contributed by atoms with E-state index in [1.165, 1.54) is 12.1 Å². The lowest BCUT2D eigenvalue weighted by Crippen LogP contribution is -2.18. The summed E-state index contributed by atoms with van der Waals surface area (Å²) in [6.45, 7) is 11.3. The second-order valence-electron chi connectivity index (χ2n) is 9.54. The first-order chi connectivity index (χ1) is 19.3. The van der Waals surface area contributed by atoms with Gasteiger partial charge in [0.05, 0.1) is 30.0 Å². The van der Waals surface area contributed by atoms with E-state index < -0.39 is 39.5 Å². The summed E-state index contributed by atoms with van der Waals surface area (Å²) in [5, 5.41) is 9.62. The van der Waals surface area contributed by atoms with Gasteiger partial charge in [-0.05, 0) is 57.6 Å². The van der Waals surface area contributed by atoms with Gasteiger partial charge in [-0.15, -0.1) is 0 Å². The Morgan fingerprint density at radius 3 is 2.20 bits per heavy atom. The number of carbonyl (C=O) groups is 4. The van der Waals surface area contributed by atoms with Gasteiger partial charge < -0.3 is 19.3 Å². The van der Waals surface area contributed by atoms with Crippen LogP contribution in [0, 0.1) is 6.92 Å². The fourth-order valence-corrected chi connectivity index (χ4v) is 4.67. The number of rotatable bonds is 17. The predicted molar refractivity (Wildman–Crippen MR) is 150 cm³/mol. The second kappa shape index (κ2) is 15.8. The molecule has 1 aliphatic rings. The molecular weight excluding hydrogens is 552 g/mol. The zero-order valence-corrected chi connectivity index (χ0v) is 24.2. The van der Waals surface area contributed by atoms with Gasteiger partial charge in [-0.25, -0.2) is 27.6 Å². The average Bonchev–Trinajstić information content (AvgIpc) is 3.76. The molecule has 1 saturated heterocycles. The van der Waals surface area contributed by atoms with Gasteiger partial charge in [-0.3, -0.25) is 0 Å². The highest BCUT2D eigenvalue weighted by atomic mass is 32.2. The van der Waals surface area contributed by atoms with E-state index in [0.717, 1.165) is 17.7 Å². The van der Waals surface area contributed by atoms with Crippen molar-refractivity contribution in [3.63, 3.8) is 0 Å². The Labute approximate surface area is 240 Å². The Morgan fingerprint density at radius 2 is 1.61 bits per heavy atom. The molecule has 1 atom stereocenters. The van der Waals surface area contributed by atoms with Crippen LogP contribution in [-0.2, 0) is 43.2 Å². The lowest BCUT2D eigenvalue weighted by atomic mass is 10.1. The number of hydrogen-bond acceptors (Lipinski definition) is 9. The molecule has 1 heterocycles. The summed E-state index contributed by atoms with van der Waals surface area (Å²) < 4.78 is 40.7. The van der Waals surface area contributed by atoms with Crippen LogP contribution in [0.25, 0.3) is 0 Å². The largest absolute Gasteiger partial charge is 0.478 e. The number of epoxide rings is 1. The minimum absolute atomic E-state index is 0.0168. The quantitative estimate of drug-likeness (QED) is 0.0700. The van der Waals surface area contributed by atoms with Crippen molar-refractivity contribution in [2.24, 2.45) is 0 Å². The van der Waals surface area contributed by atoms with E-state index in [4.69, 9.17) is 14.2 Å². The van der Waals surface area contributed by atoms with E-state index in [1.807, 2.05) is 6.92 Å². The van der Waals surface area contributed by atoms with E-state index in [-0.39, 0.29) is 60.0 Å². The zero-order valence-electron chi connectivity index (χ0n) is 23.3. The van der Waals surface area contributed by atoms with E-state index >= 15 is 0 Å². The molecule has 0 amide bonds. The summed E-state index contributed by atoms with van der Waals surface area (Å²) in [5.74, 6) is -4.39. The third-order valence-corrected chi connectivity index (χ3v) is 7.96. The van der Waals surface area contributed by atoms with Gasteiger partial charge in [0, 0.05) is 22.3 Å². The van der Waals surface area contributed by atoms with Crippen LogP contribution in [-0.4, -0.2) is 62.5 Å². The first-order valence-corrected chi connectivity index (χ1v) is 14.8. The lowest BCUT2D eigenvalue weighted by Gasteiger charge is -2.09. The normalized spacial score (nSPS) is 15.1. The molecule has 0 spiro atoms. The van der Waals surface area contributed by atoms with Crippen molar-refractivity contribution in [3.05, 3.63) is 77.4 Å². The molecule has 1 aromatic rings. The summed E-state index contributed by atoms with van der Waals surface area (Å²) in [7, 11) is -3.80. The highest BCUT2D eigenvalue weighted by Gasteiger charge is 2.24. The maximum Gasteiger partial charge on any atom is 0.341 e. The molecule has 1 aliphatic heterocycles. The average molecular weight is 589 g/mol. The molecule has 1 fully saturated rings. The smallest absolute Gasteiger partial charge is 0.341 e. The van der Waals surface area contributed by atoms with Crippen molar-refractivity contribution in [1.29, 1.82) is 0 Å². The third kappa shape index (κ3) is 11.7. The van der Waals surface area contributed by atoms with Crippen LogP contribution >= 0.6 is 0 Å². The van der Waals surface area contributed by atoms with Crippen LogP contribution < -0.4 is 0 Å². The molecule has 0 saturated carbocycles. The number of sulfone groups is 1. The molecule has 10 nitrogen and oxygen atoms in total. The monoisotopic (exact) mass is 588 g/mol. The number of esters is 3. The fourth-order valence-electron chi connectivity index (χ4n) is 3.39. The highest BCUT2D eigenvalue weighted by Crippen LogP contribution is 2.20. The maximum absolute atomic E-state index is 12.8. The minimum Gasteiger partial charge on any atom is -0.478 e. The van der Waals surface area contributed by atoms with Crippen LogP contribution in [0.5, 0.6) is 0 Å². The number of hydrogen-bond donors (Lipinski definition) is 1. The molecule has 11 heteroatoms. The van der Waals surface area contributed by atoms with Crippen molar-refractivity contribution >= 4 is 33.7 Å². The van der Waals surface area contributed by atoms with Crippen LogP contribution in [0.4, 0.5) is 0 Å². The molecule has 222 valence electrons. The lowest BCUT2D eigenvalue weighted by molar-refractivity contribution is -0.154. The molecule has 0 aliphatic carbocycles. The van der Waals surface area contributed by atoms with Crippen molar-refractivity contribution in [1.82, 2.24) is 0 Å². The van der Waals surface area contributed by atoms with E-state index in [2.05, 4.69) is 13.2 Å². The molecule has 0 aromatic heterocycles. The van der Waals surface area contributed by atoms with Crippen molar-refractivity contribution < 1.29 is 46.9 Å². The molecule has 41 heavy (non-hydrogen) atoms. The Bertz CT molecular complexity index is 1330. The number of ether oxygens (including phenoxy) is 3. The van der Waals surface area contributed by atoms with Gasteiger partial charge in [0.1, 0.15) is 0 Å². The standard InChI is InChI=1S/C30H36O10S/c1-5-21(3)29(34)40-30(35)24(16-18-41(36,37)26-14-8-20(2)9-15-26)12-11-23(27(31)32)7-6-17-38-28(33)22(4)10-13-25-19-39-25/h8-9,11-12,14-15,25H,3-7,10,13,16-19H2,1-2H3,(H,31,32). The Morgan fingerprint density at radius 1 is 0.976 bits per heavy atom. The number of carboxylic acid groups (broad SMARTS) is 1. The Hall–Kier alpha value is -3.83. The Balaban J connectivity index is 2.11. The highest BCUT2D eigenvalue weighted by molar-refractivity contribution is 7.91. The van der Waals surface area contributed by atoms with Crippen molar-refractivity contribution in [3.8, 4) is 0 Å². The van der Waals surface area contributed by atoms with Gasteiger partial charge in [0.25, 0.3) is 0 Å². The Kier molecular flexibility index (Phi) is 12.9. The minimum atomic E-state index is -3.80.